The molecule has 0 aliphatic rings. The van der Waals surface area contributed by atoms with E-state index in [1.807, 2.05) is 6.92 Å². The molecule has 1 amide bonds. The number of carbonyl (C=O) groups excluding carboxylic acids is 1. The largest absolute Gasteiger partial charge is 0.467 e. The number of nitrogens with one attached hydrogen (secondary N) is 1. The van der Waals surface area contributed by atoms with Crippen molar-refractivity contribution in [2.45, 2.75) is 19.5 Å². The lowest BCUT2D eigenvalue weighted by Crippen LogP contribution is -2.30. The maximum absolute atomic E-state index is 11.7. The number of nitriles is 1. The van der Waals surface area contributed by atoms with E-state index in [0.29, 0.717) is 5.76 Å². The smallest absolute Gasteiger partial charge is 0.252 e. The van der Waals surface area contributed by atoms with E-state index < -0.39 is 0 Å². The molecule has 2 aromatic heterocycles. The molecule has 0 aliphatic heterocycles. The van der Waals surface area contributed by atoms with Gasteiger partial charge in [-0.25, -0.2) is 9.67 Å². The Kier molecular flexibility index (Phi) is 3.38. The van der Waals surface area contributed by atoms with Gasteiger partial charge in [0.25, 0.3) is 5.82 Å². The van der Waals surface area contributed by atoms with Crippen LogP contribution in [0.1, 0.15) is 24.6 Å². The van der Waals surface area contributed by atoms with Crippen LogP contribution in [0.5, 0.6) is 0 Å². The summed E-state index contributed by atoms with van der Waals surface area (Å²) in [5.41, 5.74) is 0. The summed E-state index contributed by atoms with van der Waals surface area (Å²) in [5.74, 6) is 0.495. The van der Waals surface area contributed by atoms with Crippen molar-refractivity contribution in [3.8, 4) is 6.07 Å². The first-order valence-corrected chi connectivity index (χ1v) is 5.31. The van der Waals surface area contributed by atoms with Crippen molar-refractivity contribution in [1.29, 1.82) is 5.26 Å². The molecule has 0 bridgehead atoms. The first-order valence-electron chi connectivity index (χ1n) is 5.31. The molecule has 7 nitrogen and oxygen atoms in total. The minimum absolute atomic E-state index is 0.0136. The molecule has 2 rings (SSSR count). The fraction of sp³-hybridized carbons (Fsp3) is 0.273. The molecule has 7 heteroatoms. The quantitative estimate of drug-likeness (QED) is 0.851. The molecule has 92 valence electrons. The summed E-state index contributed by atoms with van der Waals surface area (Å²) in [6.07, 6.45) is 2.89. The Bertz CT molecular complexity index is 567. The fourth-order valence-corrected chi connectivity index (χ4v) is 1.47. The molecule has 0 saturated heterocycles. The highest BCUT2D eigenvalue weighted by Gasteiger charge is 2.12. The molecule has 1 N–H and O–H groups in total. The first kappa shape index (κ1) is 11.9. The Balaban J connectivity index is 1.91. The number of hydrogen-bond donors (Lipinski definition) is 1. The first-order chi connectivity index (χ1) is 8.69. The van der Waals surface area contributed by atoms with Crippen LogP contribution >= 0.6 is 0 Å². The molecular weight excluding hydrogens is 234 g/mol. The summed E-state index contributed by atoms with van der Waals surface area (Å²) in [7, 11) is 0. The third-order valence-corrected chi connectivity index (χ3v) is 2.29. The summed E-state index contributed by atoms with van der Waals surface area (Å²) >= 11 is 0. The zero-order valence-corrected chi connectivity index (χ0v) is 9.70. The Morgan fingerprint density at radius 2 is 2.56 bits per heavy atom. The zero-order chi connectivity index (χ0) is 13.0. The lowest BCUT2D eigenvalue weighted by molar-refractivity contribution is -0.122. The number of hydrogen-bond acceptors (Lipinski definition) is 5. The Hall–Kier alpha value is -2.62. The van der Waals surface area contributed by atoms with E-state index in [-0.39, 0.29) is 24.3 Å². The van der Waals surface area contributed by atoms with E-state index in [4.69, 9.17) is 9.68 Å². The van der Waals surface area contributed by atoms with Gasteiger partial charge in [0.2, 0.25) is 5.91 Å². The Labute approximate surface area is 103 Å². The average molecular weight is 245 g/mol. The van der Waals surface area contributed by atoms with Crippen LogP contribution in [0.25, 0.3) is 0 Å². The fourth-order valence-electron chi connectivity index (χ4n) is 1.47. The van der Waals surface area contributed by atoms with Gasteiger partial charge in [-0.05, 0) is 19.1 Å². The molecule has 0 radical (unpaired) electrons. The summed E-state index contributed by atoms with van der Waals surface area (Å²) in [6.45, 7) is 1.83. The van der Waals surface area contributed by atoms with Crippen LogP contribution in [0.4, 0.5) is 0 Å². The van der Waals surface area contributed by atoms with E-state index in [1.165, 1.54) is 11.0 Å². The summed E-state index contributed by atoms with van der Waals surface area (Å²) in [4.78, 5) is 15.4. The van der Waals surface area contributed by atoms with E-state index in [0.717, 1.165) is 0 Å². The van der Waals surface area contributed by atoms with Crippen molar-refractivity contribution in [1.82, 2.24) is 20.1 Å². The number of nitrogens with zero attached hydrogens (tertiary/aromatic N) is 4. The molecule has 0 fully saturated rings. The molecule has 1 atom stereocenters. The number of aromatic nitrogens is 3. The zero-order valence-electron chi connectivity index (χ0n) is 9.70. The molecule has 1 unspecified atom stereocenters. The van der Waals surface area contributed by atoms with Gasteiger partial charge in [0, 0.05) is 0 Å². The summed E-state index contributed by atoms with van der Waals surface area (Å²) in [5, 5.41) is 15.1. The Morgan fingerprint density at radius 1 is 1.72 bits per heavy atom. The minimum atomic E-state index is -0.228. The summed E-state index contributed by atoms with van der Waals surface area (Å²) in [6, 6.07) is 5.12. The van der Waals surface area contributed by atoms with Gasteiger partial charge < -0.3 is 9.73 Å². The molecule has 2 aromatic rings. The van der Waals surface area contributed by atoms with E-state index in [9.17, 15) is 4.79 Å². The van der Waals surface area contributed by atoms with Crippen LogP contribution in [0.3, 0.4) is 0 Å². The van der Waals surface area contributed by atoms with Gasteiger partial charge in [0.15, 0.2) is 0 Å². The molecule has 2 heterocycles. The number of carbonyl (C=O) groups is 1. The van der Waals surface area contributed by atoms with Crippen molar-refractivity contribution in [3.05, 3.63) is 36.3 Å². The average Bonchev–Trinajstić information content (AvgIpc) is 2.98. The maximum atomic E-state index is 11.7. The number of furan rings is 1. The van der Waals surface area contributed by atoms with Crippen LogP contribution < -0.4 is 5.32 Å². The predicted octanol–water partition coefficient (Wildman–Crippen LogP) is 0.620. The van der Waals surface area contributed by atoms with E-state index in [2.05, 4.69) is 15.4 Å². The molecule has 0 spiro atoms. The second kappa shape index (κ2) is 5.14. The normalized spacial score (nSPS) is 11.8. The van der Waals surface area contributed by atoms with Crippen LogP contribution in [0.15, 0.2) is 29.1 Å². The molecule has 0 aromatic carbocycles. The predicted molar refractivity (Wildman–Crippen MR) is 60.0 cm³/mol. The third kappa shape index (κ3) is 2.74. The van der Waals surface area contributed by atoms with Gasteiger partial charge in [0.05, 0.1) is 12.3 Å². The molecule has 18 heavy (non-hydrogen) atoms. The molecular formula is C11H11N5O2. The monoisotopic (exact) mass is 245 g/mol. The van der Waals surface area contributed by atoms with Gasteiger partial charge in [-0.15, -0.1) is 5.10 Å². The maximum Gasteiger partial charge on any atom is 0.252 e. The minimum Gasteiger partial charge on any atom is -0.467 e. The molecule has 0 aliphatic carbocycles. The van der Waals surface area contributed by atoms with Crippen molar-refractivity contribution in [2.24, 2.45) is 0 Å². The SMILES string of the molecule is CC(NC(=O)Cn1cnc(C#N)n1)c1ccco1. The highest BCUT2D eigenvalue weighted by molar-refractivity contribution is 5.75. The van der Waals surface area contributed by atoms with Crippen molar-refractivity contribution in [2.75, 3.05) is 0 Å². The highest BCUT2D eigenvalue weighted by Crippen LogP contribution is 2.11. The third-order valence-electron chi connectivity index (χ3n) is 2.29. The second-order valence-corrected chi connectivity index (χ2v) is 3.68. The lowest BCUT2D eigenvalue weighted by Gasteiger charge is -2.10. The van der Waals surface area contributed by atoms with E-state index in [1.54, 1.807) is 24.5 Å². The topological polar surface area (TPSA) is 96.7 Å². The van der Waals surface area contributed by atoms with Gasteiger partial charge >= 0.3 is 0 Å². The second-order valence-electron chi connectivity index (χ2n) is 3.68. The van der Waals surface area contributed by atoms with Crippen molar-refractivity contribution < 1.29 is 9.21 Å². The van der Waals surface area contributed by atoms with Gasteiger partial charge in [0.1, 0.15) is 24.7 Å². The van der Waals surface area contributed by atoms with Gasteiger partial charge in [-0.2, -0.15) is 5.26 Å². The van der Waals surface area contributed by atoms with Crippen LogP contribution in [-0.4, -0.2) is 20.7 Å². The van der Waals surface area contributed by atoms with Crippen molar-refractivity contribution in [3.63, 3.8) is 0 Å². The van der Waals surface area contributed by atoms with Crippen LogP contribution in [-0.2, 0) is 11.3 Å². The van der Waals surface area contributed by atoms with Crippen LogP contribution in [0.2, 0.25) is 0 Å². The highest BCUT2D eigenvalue weighted by atomic mass is 16.3. The Morgan fingerprint density at radius 3 is 3.17 bits per heavy atom. The van der Waals surface area contributed by atoms with Crippen molar-refractivity contribution >= 4 is 5.91 Å². The van der Waals surface area contributed by atoms with E-state index >= 15 is 0 Å². The van der Waals surface area contributed by atoms with Crippen LogP contribution in [0, 0.1) is 11.3 Å². The van der Waals surface area contributed by atoms with Gasteiger partial charge in [-0.3, -0.25) is 4.79 Å². The summed E-state index contributed by atoms with van der Waals surface area (Å²) < 4.78 is 6.48. The lowest BCUT2D eigenvalue weighted by atomic mass is 10.2. The molecule has 0 saturated carbocycles. The number of amides is 1. The number of rotatable bonds is 4. The standard InChI is InChI=1S/C11H11N5O2/c1-8(9-3-2-4-18-9)14-11(17)6-16-7-13-10(5-12)15-16/h2-4,7-8H,6H2,1H3,(H,14,17). The van der Waals surface area contributed by atoms with Gasteiger partial charge in [-0.1, -0.05) is 0 Å².